The summed E-state index contributed by atoms with van der Waals surface area (Å²) in [6.07, 6.45) is -3.11. The number of hydrogen-bond acceptors (Lipinski definition) is 3. The van der Waals surface area contributed by atoms with Crippen molar-refractivity contribution >= 4 is 10.9 Å². The number of H-pyrrole nitrogens is 1. The van der Waals surface area contributed by atoms with Gasteiger partial charge in [-0.3, -0.25) is 4.79 Å². The van der Waals surface area contributed by atoms with Crippen molar-refractivity contribution < 1.29 is 13.2 Å². The molecule has 0 aliphatic heterocycles. The van der Waals surface area contributed by atoms with Crippen molar-refractivity contribution in [1.29, 1.82) is 0 Å². The number of aromatic amines is 1. The molecule has 0 saturated carbocycles. The number of fused-ring (bicyclic) bond motifs is 1. The molecule has 102 valence electrons. The first-order valence-electron chi connectivity index (χ1n) is 5.52. The van der Waals surface area contributed by atoms with Crippen molar-refractivity contribution in [3.63, 3.8) is 0 Å². The van der Waals surface area contributed by atoms with E-state index in [1.54, 1.807) is 0 Å². The van der Waals surface area contributed by atoms with Gasteiger partial charge >= 0.3 is 6.18 Å². The van der Waals surface area contributed by atoms with Gasteiger partial charge in [0.1, 0.15) is 0 Å². The van der Waals surface area contributed by atoms with Crippen molar-refractivity contribution in [2.75, 3.05) is 6.54 Å². The molecule has 2 aromatic rings. The van der Waals surface area contributed by atoms with E-state index in [4.69, 9.17) is 11.5 Å². The molecule has 0 aliphatic rings. The first kappa shape index (κ1) is 13.6. The maximum absolute atomic E-state index is 12.6. The van der Waals surface area contributed by atoms with E-state index in [9.17, 15) is 18.0 Å². The van der Waals surface area contributed by atoms with Crippen LogP contribution in [0.15, 0.2) is 29.2 Å². The van der Waals surface area contributed by atoms with Gasteiger partial charge < -0.3 is 16.5 Å². The van der Waals surface area contributed by atoms with E-state index < -0.39 is 23.2 Å². The summed E-state index contributed by atoms with van der Waals surface area (Å²) in [5.41, 5.74) is 10.1. The molecular weight excluding hydrogens is 259 g/mol. The van der Waals surface area contributed by atoms with Crippen LogP contribution in [0.5, 0.6) is 0 Å². The van der Waals surface area contributed by atoms with Gasteiger partial charge in [0.2, 0.25) is 0 Å². The van der Waals surface area contributed by atoms with Crippen LogP contribution in [0, 0.1) is 0 Å². The second kappa shape index (κ2) is 4.67. The van der Waals surface area contributed by atoms with Crippen LogP contribution in [0.3, 0.4) is 0 Å². The molecule has 0 bridgehead atoms. The number of pyridine rings is 1. The van der Waals surface area contributed by atoms with Crippen molar-refractivity contribution in [3.8, 4) is 0 Å². The second-order valence-electron chi connectivity index (χ2n) is 4.17. The third kappa shape index (κ3) is 2.47. The molecule has 0 aliphatic carbocycles. The largest absolute Gasteiger partial charge is 0.416 e. The summed E-state index contributed by atoms with van der Waals surface area (Å²) in [4.78, 5) is 14.8. The van der Waals surface area contributed by atoms with Gasteiger partial charge in [-0.1, -0.05) is 0 Å². The first-order chi connectivity index (χ1) is 8.84. The van der Waals surface area contributed by atoms with Crippen molar-refractivity contribution in [2.45, 2.75) is 12.2 Å². The summed E-state index contributed by atoms with van der Waals surface area (Å²) in [5, 5.41) is -0.0452. The summed E-state index contributed by atoms with van der Waals surface area (Å²) in [6.45, 7) is 0.0353. The molecule has 1 unspecified atom stereocenters. The third-order valence-electron chi connectivity index (χ3n) is 2.89. The van der Waals surface area contributed by atoms with Gasteiger partial charge in [-0.05, 0) is 18.2 Å². The lowest BCUT2D eigenvalue weighted by Gasteiger charge is -2.11. The van der Waals surface area contributed by atoms with E-state index in [1.807, 2.05) is 0 Å². The van der Waals surface area contributed by atoms with Crippen LogP contribution in [0.4, 0.5) is 13.2 Å². The molecule has 0 fully saturated rings. The smallest absolute Gasteiger partial charge is 0.361 e. The first-order valence-corrected chi connectivity index (χ1v) is 5.52. The van der Waals surface area contributed by atoms with E-state index in [1.165, 1.54) is 12.3 Å². The molecule has 19 heavy (non-hydrogen) atoms. The van der Waals surface area contributed by atoms with Gasteiger partial charge in [0.25, 0.3) is 0 Å². The topological polar surface area (TPSA) is 84.9 Å². The lowest BCUT2D eigenvalue weighted by atomic mass is 10.0. The highest BCUT2D eigenvalue weighted by Crippen LogP contribution is 2.30. The number of halogens is 3. The fraction of sp³-hybridized carbons (Fsp3) is 0.250. The molecule has 0 saturated heterocycles. The Kier molecular flexibility index (Phi) is 3.34. The van der Waals surface area contributed by atoms with Crippen LogP contribution >= 0.6 is 0 Å². The highest BCUT2D eigenvalue weighted by atomic mass is 19.4. The van der Waals surface area contributed by atoms with Gasteiger partial charge in [-0.2, -0.15) is 13.2 Å². The van der Waals surface area contributed by atoms with Crippen molar-refractivity contribution in [3.05, 3.63) is 45.7 Å². The molecule has 0 spiro atoms. The molecule has 7 heteroatoms. The molecular formula is C12H12F3N3O. The zero-order valence-electron chi connectivity index (χ0n) is 9.79. The number of hydrogen-bond donors (Lipinski definition) is 3. The zero-order valence-corrected chi connectivity index (χ0v) is 9.79. The van der Waals surface area contributed by atoms with E-state index in [0.717, 1.165) is 12.1 Å². The molecule has 1 aromatic heterocycles. The predicted octanol–water partition coefficient (Wildman–Crippen LogP) is 1.51. The Hall–Kier alpha value is -1.86. The van der Waals surface area contributed by atoms with Crippen molar-refractivity contribution in [2.24, 2.45) is 11.5 Å². The molecule has 1 aromatic carbocycles. The molecule has 1 heterocycles. The highest BCUT2D eigenvalue weighted by molar-refractivity contribution is 5.79. The number of benzene rings is 1. The minimum absolute atomic E-state index is 0.0353. The minimum Gasteiger partial charge on any atom is -0.361 e. The molecule has 2 rings (SSSR count). The molecule has 1 atom stereocenters. The summed E-state index contributed by atoms with van der Waals surface area (Å²) >= 11 is 0. The Morgan fingerprint density at radius 2 is 2.00 bits per heavy atom. The number of aromatic nitrogens is 1. The van der Waals surface area contributed by atoms with E-state index >= 15 is 0 Å². The lowest BCUT2D eigenvalue weighted by molar-refractivity contribution is -0.137. The summed E-state index contributed by atoms with van der Waals surface area (Å²) in [7, 11) is 0. The second-order valence-corrected chi connectivity index (χ2v) is 4.17. The van der Waals surface area contributed by atoms with E-state index in [2.05, 4.69) is 4.98 Å². The van der Waals surface area contributed by atoms with E-state index in [-0.39, 0.29) is 17.5 Å². The van der Waals surface area contributed by atoms with Crippen LogP contribution in [-0.4, -0.2) is 11.5 Å². The Labute approximate surface area is 106 Å². The zero-order chi connectivity index (χ0) is 14.2. The van der Waals surface area contributed by atoms with Crippen LogP contribution < -0.4 is 16.9 Å². The maximum Gasteiger partial charge on any atom is 0.416 e. The van der Waals surface area contributed by atoms with Crippen LogP contribution in [0.25, 0.3) is 10.9 Å². The van der Waals surface area contributed by atoms with Gasteiger partial charge in [0, 0.05) is 35.2 Å². The Bertz CT molecular complexity index is 663. The average Bonchev–Trinajstić information content (AvgIpc) is 2.37. The monoisotopic (exact) mass is 271 g/mol. The maximum atomic E-state index is 12.6. The summed E-state index contributed by atoms with van der Waals surface area (Å²) in [6, 6.07) is 2.25. The quantitative estimate of drug-likeness (QED) is 0.774. The summed E-state index contributed by atoms with van der Waals surface area (Å²) in [5.74, 6) is 0. The number of alkyl halides is 3. The number of nitrogens with two attached hydrogens (primary N) is 2. The minimum atomic E-state index is -4.49. The Morgan fingerprint density at radius 3 is 2.58 bits per heavy atom. The normalized spacial score (nSPS) is 13.7. The average molecular weight is 271 g/mol. The summed E-state index contributed by atoms with van der Waals surface area (Å²) < 4.78 is 37.8. The fourth-order valence-electron chi connectivity index (χ4n) is 1.81. The highest BCUT2D eigenvalue weighted by Gasteiger charge is 2.30. The van der Waals surface area contributed by atoms with Gasteiger partial charge in [0.05, 0.1) is 5.56 Å². The van der Waals surface area contributed by atoms with Crippen LogP contribution in [-0.2, 0) is 6.18 Å². The Balaban J connectivity index is 2.70. The van der Waals surface area contributed by atoms with Crippen LogP contribution in [0.2, 0.25) is 0 Å². The van der Waals surface area contributed by atoms with E-state index in [0.29, 0.717) is 5.52 Å². The molecule has 0 radical (unpaired) electrons. The fourth-order valence-corrected chi connectivity index (χ4v) is 1.81. The van der Waals surface area contributed by atoms with Gasteiger partial charge in [-0.25, -0.2) is 0 Å². The predicted molar refractivity (Wildman–Crippen MR) is 65.6 cm³/mol. The number of rotatable bonds is 2. The van der Waals surface area contributed by atoms with Crippen molar-refractivity contribution in [1.82, 2.24) is 4.98 Å². The molecule has 0 amide bonds. The molecule has 4 nitrogen and oxygen atoms in total. The SMILES string of the molecule is NCC(N)c1c[nH]c2ccc(C(F)(F)F)cc2c1=O. The van der Waals surface area contributed by atoms with Gasteiger partial charge in [0.15, 0.2) is 5.43 Å². The lowest BCUT2D eigenvalue weighted by Crippen LogP contribution is -2.27. The Morgan fingerprint density at radius 1 is 1.32 bits per heavy atom. The number of nitrogens with one attached hydrogen (secondary N) is 1. The standard InChI is InChI=1S/C12H12F3N3O/c13-12(14,15)6-1-2-10-7(3-6)11(19)8(5-18-10)9(17)4-16/h1-3,5,9H,4,16-17H2,(H,18,19). The third-order valence-corrected chi connectivity index (χ3v) is 2.89. The van der Waals surface area contributed by atoms with Gasteiger partial charge in [-0.15, -0.1) is 0 Å². The molecule has 5 N–H and O–H groups in total. The van der Waals surface area contributed by atoms with Crippen LogP contribution in [0.1, 0.15) is 17.2 Å².